The zero-order chi connectivity index (χ0) is 14.1. The van der Waals surface area contributed by atoms with Gasteiger partial charge in [-0.2, -0.15) is 0 Å². The van der Waals surface area contributed by atoms with Crippen LogP contribution in [0.4, 0.5) is 4.39 Å². The first-order valence-electron chi connectivity index (χ1n) is 6.03. The van der Waals surface area contributed by atoms with Gasteiger partial charge in [0.15, 0.2) is 0 Å². The standard InChI is InChI=1S/C15H10ClFN2O/c16-13-4-2-1-3-10(13)8-19-9-18-14-7-11(17)5-6-12(14)15(19)20/h1-7,9H,8H2. The number of fused-ring (bicyclic) bond motifs is 1. The summed E-state index contributed by atoms with van der Waals surface area (Å²) >= 11 is 6.08. The van der Waals surface area contributed by atoms with E-state index in [0.29, 0.717) is 22.5 Å². The molecule has 5 heteroatoms. The molecule has 100 valence electrons. The molecule has 3 aromatic rings. The third-order valence-electron chi connectivity index (χ3n) is 3.09. The van der Waals surface area contributed by atoms with Gasteiger partial charge in [0, 0.05) is 11.1 Å². The highest BCUT2D eigenvalue weighted by Gasteiger charge is 2.07. The summed E-state index contributed by atoms with van der Waals surface area (Å²) in [6.45, 7) is 0.332. The Hall–Kier alpha value is -2.20. The Morgan fingerprint density at radius 1 is 1.20 bits per heavy atom. The summed E-state index contributed by atoms with van der Waals surface area (Å²) in [6.07, 6.45) is 1.41. The molecule has 0 amide bonds. The molecular weight excluding hydrogens is 279 g/mol. The van der Waals surface area contributed by atoms with Gasteiger partial charge in [0.25, 0.3) is 5.56 Å². The second kappa shape index (κ2) is 5.06. The molecule has 0 unspecified atom stereocenters. The Morgan fingerprint density at radius 2 is 2.00 bits per heavy atom. The zero-order valence-corrected chi connectivity index (χ0v) is 11.1. The fraction of sp³-hybridized carbons (Fsp3) is 0.0667. The van der Waals surface area contributed by atoms with Gasteiger partial charge in [0.1, 0.15) is 5.82 Å². The topological polar surface area (TPSA) is 34.9 Å². The molecule has 0 fully saturated rings. The molecule has 3 nitrogen and oxygen atoms in total. The van der Waals surface area contributed by atoms with E-state index in [0.717, 1.165) is 5.56 Å². The Labute approximate surface area is 119 Å². The minimum absolute atomic E-state index is 0.213. The fourth-order valence-corrected chi connectivity index (χ4v) is 2.25. The number of nitrogens with zero attached hydrogens (tertiary/aromatic N) is 2. The smallest absolute Gasteiger partial charge is 0.261 e. The van der Waals surface area contributed by atoms with Crippen molar-refractivity contribution in [1.82, 2.24) is 9.55 Å². The monoisotopic (exact) mass is 288 g/mol. The van der Waals surface area contributed by atoms with Crippen molar-refractivity contribution in [1.29, 1.82) is 0 Å². The third-order valence-corrected chi connectivity index (χ3v) is 3.45. The van der Waals surface area contributed by atoms with Gasteiger partial charge in [-0.3, -0.25) is 9.36 Å². The van der Waals surface area contributed by atoms with Gasteiger partial charge in [0.2, 0.25) is 0 Å². The van der Waals surface area contributed by atoms with Gasteiger partial charge in [-0.15, -0.1) is 0 Å². The lowest BCUT2D eigenvalue weighted by atomic mass is 10.2. The van der Waals surface area contributed by atoms with Crippen LogP contribution < -0.4 is 5.56 Å². The van der Waals surface area contributed by atoms with Crippen LogP contribution in [0.25, 0.3) is 10.9 Å². The van der Waals surface area contributed by atoms with Gasteiger partial charge >= 0.3 is 0 Å². The van der Waals surface area contributed by atoms with Crippen LogP contribution in [0.2, 0.25) is 5.02 Å². The number of benzene rings is 2. The number of halogens is 2. The molecule has 2 aromatic carbocycles. The van der Waals surface area contributed by atoms with Crippen molar-refractivity contribution >= 4 is 22.5 Å². The second-order valence-electron chi connectivity index (χ2n) is 4.43. The summed E-state index contributed by atoms with van der Waals surface area (Å²) in [5.41, 5.74) is 0.972. The Bertz CT molecular complexity index is 845. The highest BCUT2D eigenvalue weighted by molar-refractivity contribution is 6.31. The predicted octanol–water partition coefficient (Wildman–Crippen LogP) is 3.24. The molecule has 0 atom stereocenters. The van der Waals surface area contributed by atoms with E-state index >= 15 is 0 Å². The second-order valence-corrected chi connectivity index (χ2v) is 4.84. The molecule has 0 bridgehead atoms. The van der Waals surface area contributed by atoms with Gasteiger partial charge in [-0.05, 0) is 23.8 Å². The lowest BCUT2D eigenvalue weighted by Gasteiger charge is -2.08. The Kier molecular flexibility index (Phi) is 3.24. The summed E-state index contributed by atoms with van der Waals surface area (Å²) in [5.74, 6) is -0.409. The quantitative estimate of drug-likeness (QED) is 0.725. The Morgan fingerprint density at radius 3 is 2.80 bits per heavy atom. The van der Waals surface area contributed by atoms with Crippen LogP contribution in [-0.2, 0) is 6.54 Å². The molecule has 0 saturated heterocycles. The van der Waals surface area contributed by atoms with Gasteiger partial charge < -0.3 is 0 Å². The maximum atomic E-state index is 13.1. The maximum Gasteiger partial charge on any atom is 0.261 e. The summed E-state index contributed by atoms with van der Waals surface area (Å²) in [7, 11) is 0. The van der Waals surface area contributed by atoms with E-state index in [4.69, 9.17) is 11.6 Å². The number of hydrogen-bond acceptors (Lipinski definition) is 2. The summed E-state index contributed by atoms with van der Waals surface area (Å²) in [5, 5.41) is 0.986. The number of aromatic nitrogens is 2. The van der Waals surface area contributed by atoms with Crippen LogP contribution in [0.5, 0.6) is 0 Å². The first kappa shape index (κ1) is 12.8. The van der Waals surface area contributed by atoms with Crippen LogP contribution in [0.3, 0.4) is 0 Å². The normalized spacial score (nSPS) is 10.9. The minimum atomic E-state index is -0.409. The summed E-state index contributed by atoms with van der Waals surface area (Å²) < 4.78 is 14.6. The van der Waals surface area contributed by atoms with Crippen molar-refractivity contribution in [3.63, 3.8) is 0 Å². The van der Waals surface area contributed by atoms with Crippen LogP contribution in [0.1, 0.15) is 5.56 Å². The third kappa shape index (κ3) is 2.30. The van der Waals surface area contributed by atoms with E-state index in [9.17, 15) is 9.18 Å². The molecule has 0 spiro atoms. The lowest BCUT2D eigenvalue weighted by molar-refractivity contribution is 0.629. The van der Waals surface area contributed by atoms with Gasteiger partial charge in [-0.25, -0.2) is 9.37 Å². The van der Waals surface area contributed by atoms with Crippen molar-refractivity contribution < 1.29 is 4.39 Å². The van der Waals surface area contributed by atoms with Crippen LogP contribution in [0.15, 0.2) is 53.6 Å². The maximum absolute atomic E-state index is 13.1. The van der Waals surface area contributed by atoms with E-state index in [1.54, 1.807) is 6.07 Å². The molecule has 0 saturated carbocycles. The van der Waals surface area contributed by atoms with Crippen molar-refractivity contribution in [2.75, 3.05) is 0 Å². The van der Waals surface area contributed by atoms with E-state index in [2.05, 4.69) is 4.98 Å². The van der Waals surface area contributed by atoms with Crippen molar-refractivity contribution in [2.24, 2.45) is 0 Å². The highest BCUT2D eigenvalue weighted by atomic mass is 35.5. The number of rotatable bonds is 2. The average molecular weight is 289 g/mol. The average Bonchev–Trinajstić information content (AvgIpc) is 2.44. The van der Waals surface area contributed by atoms with Crippen molar-refractivity contribution in [3.05, 3.63) is 75.5 Å². The predicted molar refractivity (Wildman–Crippen MR) is 76.5 cm³/mol. The SMILES string of the molecule is O=c1c2ccc(F)cc2ncn1Cc1ccccc1Cl. The largest absolute Gasteiger partial charge is 0.294 e. The van der Waals surface area contributed by atoms with E-state index in [1.165, 1.54) is 29.1 Å². The van der Waals surface area contributed by atoms with Crippen LogP contribution >= 0.6 is 11.6 Å². The number of hydrogen-bond donors (Lipinski definition) is 0. The van der Waals surface area contributed by atoms with E-state index in [1.807, 2.05) is 18.2 Å². The van der Waals surface area contributed by atoms with Gasteiger partial charge in [-0.1, -0.05) is 29.8 Å². The first-order chi connectivity index (χ1) is 9.65. The van der Waals surface area contributed by atoms with Crippen LogP contribution in [0, 0.1) is 5.82 Å². The molecule has 0 aliphatic heterocycles. The molecular formula is C15H10ClFN2O. The molecule has 1 heterocycles. The fourth-order valence-electron chi connectivity index (χ4n) is 2.05. The molecule has 0 N–H and O–H groups in total. The first-order valence-corrected chi connectivity index (χ1v) is 6.41. The van der Waals surface area contributed by atoms with E-state index in [-0.39, 0.29) is 5.56 Å². The van der Waals surface area contributed by atoms with Gasteiger partial charge in [0.05, 0.1) is 23.8 Å². The molecule has 20 heavy (non-hydrogen) atoms. The van der Waals surface area contributed by atoms with Crippen LogP contribution in [-0.4, -0.2) is 9.55 Å². The van der Waals surface area contributed by atoms with Crippen molar-refractivity contribution in [3.8, 4) is 0 Å². The molecule has 0 aliphatic carbocycles. The highest BCUT2D eigenvalue weighted by Crippen LogP contribution is 2.16. The molecule has 0 aliphatic rings. The lowest BCUT2D eigenvalue weighted by Crippen LogP contribution is -2.21. The van der Waals surface area contributed by atoms with E-state index < -0.39 is 5.82 Å². The Balaban J connectivity index is 2.09. The van der Waals surface area contributed by atoms with Crippen molar-refractivity contribution in [2.45, 2.75) is 6.54 Å². The zero-order valence-electron chi connectivity index (χ0n) is 10.4. The summed E-state index contributed by atoms with van der Waals surface area (Å²) in [6, 6.07) is 11.3. The molecule has 0 radical (unpaired) electrons. The molecule has 1 aromatic heterocycles. The summed E-state index contributed by atoms with van der Waals surface area (Å²) in [4.78, 5) is 16.4. The minimum Gasteiger partial charge on any atom is -0.294 e. The molecule has 3 rings (SSSR count).